The minimum Gasteiger partial charge on any atom is -0.496 e. The van der Waals surface area contributed by atoms with Crippen molar-refractivity contribution in [3.8, 4) is 17.2 Å². The van der Waals surface area contributed by atoms with Crippen molar-refractivity contribution in [1.29, 1.82) is 0 Å². The van der Waals surface area contributed by atoms with Crippen LogP contribution in [0.25, 0.3) is 0 Å². The van der Waals surface area contributed by atoms with E-state index >= 15 is 0 Å². The number of ether oxygens (including phenoxy) is 3. The van der Waals surface area contributed by atoms with Crippen molar-refractivity contribution in [2.24, 2.45) is 0 Å². The number of nitrogens with one attached hydrogen (secondary N) is 2. The Labute approximate surface area is 130 Å². The third-order valence-corrected chi connectivity index (χ3v) is 3.44. The molecule has 0 unspecified atom stereocenters. The molecule has 0 amide bonds. The van der Waals surface area contributed by atoms with Gasteiger partial charge in [0.05, 0.1) is 20.3 Å². The van der Waals surface area contributed by atoms with Crippen LogP contribution < -0.4 is 25.1 Å². The second-order valence-electron chi connectivity index (χ2n) is 5.01. The van der Waals surface area contributed by atoms with E-state index < -0.39 is 0 Å². The van der Waals surface area contributed by atoms with Gasteiger partial charge in [0, 0.05) is 30.3 Å². The van der Waals surface area contributed by atoms with Crippen molar-refractivity contribution in [3.05, 3.63) is 48.0 Å². The Morgan fingerprint density at radius 1 is 1.05 bits per heavy atom. The molecule has 5 heteroatoms. The van der Waals surface area contributed by atoms with Crippen LogP contribution in [0.2, 0.25) is 0 Å². The van der Waals surface area contributed by atoms with Gasteiger partial charge in [-0.05, 0) is 18.2 Å². The minimum absolute atomic E-state index is 0.606. The van der Waals surface area contributed by atoms with Gasteiger partial charge < -0.3 is 19.6 Å². The lowest BCUT2D eigenvalue weighted by Crippen LogP contribution is -2.21. The van der Waals surface area contributed by atoms with Crippen LogP contribution in [0.3, 0.4) is 0 Å². The number of methoxy groups -OCH3 is 1. The SMILES string of the molecule is COc1cc2c(cc1CNNc1ccccc1)OCCCO2. The molecule has 0 fully saturated rings. The Hall–Kier alpha value is -2.40. The van der Waals surface area contributed by atoms with E-state index in [1.165, 1.54) is 0 Å². The van der Waals surface area contributed by atoms with Crippen LogP contribution in [-0.2, 0) is 6.54 Å². The molecular formula is C17H20N2O3. The first-order chi connectivity index (χ1) is 10.9. The van der Waals surface area contributed by atoms with E-state index in [2.05, 4.69) is 10.9 Å². The zero-order valence-corrected chi connectivity index (χ0v) is 12.6. The van der Waals surface area contributed by atoms with Crippen LogP contribution in [-0.4, -0.2) is 20.3 Å². The summed E-state index contributed by atoms with van der Waals surface area (Å²) in [5, 5.41) is 0. The fraction of sp³-hybridized carbons (Fsp3) is 0.294. The first-order valence-corrected chi connectivity index (χ1v) is 7.37. The van der Waals surface area contributed by atoms with Crippen molar-refractivity contribution in [2.45, 2.75) is 13.0 Å². The van der Waals surface area contributed by atoms with Crippen LogP contribution in [0.15, 0.2) is 42.5 Å². The van der Waals surface area contributed by atoms with Crippen LogP contribution >= 0.6 is 0 Å². The van der Waals surface area contributed by atoms with Gasteiger partial charge >= 0.3 is 0 Å². The molecule has 1 heterocycles. The summed E-state index contributed by atoms with van der Waals surface area (Å²) in [4.78, 5) is 0. The highest BCUT2D eigenvalue weighted by atomic mass is 16.5. The quantitative estimate of drug-likeness (QED) is 0.831. The number of rotatable bonds is 5. The first-order valence-electron chi connectivity index (χ1n) is 7.37. The lowest BCUT2D eigenvalue weighted by Gasteiger charge is -2.15. The Kier molecular flexibility index (Phi) is 4.65. The molecule has 1 aliphatic heterocycles. The lowest BCUT2D eigenvalue weighted by atomic mass is 10.1. The number of hydrazine groups is 1. The molecule has 0 aromatic heterocycles. The second-order valence-corrected chi connectivity index (χ2v) is 5.01. The molecule has 3 rings (SSSR count). The van der Waals surface area contributed by atoms with E-state index in [1.807, 2.05) is 42.5 Å². The molecule has 5 nitrogen and oxygen atoms in total. The lowest BCUT2D eigenvalue weighted by molar-refractivity contribution is 0.296. The summed E-state index contributed by atoms with van der Waals surface area (Å²) < 4.78 is 16.9. The minimum atomic E-state index is 0.606. The molecule has 2 aromatic rings. The van der Waals surface area contributed by atoms with Gasteiger partial charge in [-0.1, -0.05) is 18.2 Å². The van der Waals surface area contributed by atoms with E-state index in [1.54, 1.807) is 7.11 Å². The largest absolute Gasteiger partial charge is 0.496 e. The summed E-state index contributed by atoms with van der Waals surface area (Å²) in [6.45, 7) is 1.95. The molecule has 2 aromatic carbocycles. The maximum absolute atomic E-state index is 5.72. The Morgan fingerprint density at radius 2 is 1.77 bits per heavy atom. The Morgan fingerprint density at radius 3 is 2.50 bits per heavy atom. The molecule has 0 spiro atoms. The molecule has 0 bridgehead atoms. The van der Waals surface area contributed by atoms with Gasteiger partial charge in [-0.15, -0.1) is 0 Å². The first kappa shape index (κ1) is 14.5. The summed E-state index contributed by atoms with van der Waals surface area (Å²) in [5.41, 5.74) is 8.37. The maximum atomic E-state index is 5.72. The van der Waals surface area contributed by atoms with Gasteiger partial charge in [-0.2, -0.15) is 0 Å². The van der Waals surface area contributed by atoms with Crippen molar-refractivity contribution in [2.75, 3.05) is 25.7 Å². The standard InChI is InChI=1S/C17H20N2O3/c1-20-15-11-17-16(21-8-5-9-22-17)10-13(15)12-18-19-14-6-3-2-4-7-14/h2-4,6-7,10-11,18-19H,5,8-9,12H2,1H3. The fourth-order valence-corrected chi connectivity index (χ4v) is 2.32. The number of benzene rings is 2. The van der Waals surface area contributed by atoms with Gasteiger partial charge in [-0.25, -0.2) is 5.43 Å². The van der Waals surface area contributed by atoms with Gasteiger partial charge in [-0.3, -0.25) is 0 Å². The molecule has 1 aliphatic rings. The van der Waals surface area contributed by atoms with E-state index in [9.17, 15) is 0 Å². The molecule has 0 radical (unpaired) electrons. The summed E-state index contributed by atoms with van der Waals surface area (Å²) in [6.07, 6.45) is 0.889. The highest BCUT2D eigenvalue weighted by Crippen LogP contribution is 2.36. The molecule has 0 saturated heterocycles. The molecule has 116 valence electrons. The Bertz CT molecular complexity index is 617. The second kappa shape index (κ2) is 7.04. The van der Waals surface area contributed by atoms with Crippen molar-refractivity contribution in [3.63, 3.8) is 0 Å². The van der Waals surface area contributed by atoms with E-state index in [-0.39, 0.29) is 0 Å². The summed E-state index contributed by atoms with van der Waals surface area (Å²) in [6, 6.07) is 13.8. The number of hydrogen-bond acceptors (Lipinski definition) is 5. The van der Waals surface area contributed by atoms with Gasteiger partial charge in [0.15, 0.2) is 11.5 Å². The van der Waals surface area contributed by atoms with Crippen molar-refractivity contribution >= 4 is 5.69 Å². The number of hydrogen-bond donors (Lipinski definition) is 2. The highest BCUT2D eigenvalue weighted by molar-refractivity contribution is 5.51. The smallest absolute Gasteiger partial charge is 0.164 e. The number of para-hydroxylation sites is 1. The predicted octanol–water partition coefficient (Wildman–Crippen LogP) is 2.97. The van der Waals surface area contributed by atoms with E-state index in [4.69, 9.17) is 14.2 Å². The molecular weight excluding hydrogens is 280 g/mol. The average molecular weight is 300 g/mol. The normalized spacial score (nSPS) is 13.3. The summed E-state index contributed by atoms with van der Waals surface area (Å²) >= 11 is 0. The van der Waals surface area contributed by atoms with Crippen LogP contribution in [0.4, 0.5) is 5.69 Å². The third kappa shape index (κ3) is 3.43. The molecule has 0 atom stereocenters. The average Bonchev–Trinajstić information content (AvgIpc) is 2.80. The van der Waals surface area contributed by atoms with Gasteiger partial charge in [0.25, 0.3) is 0 Å². The molecule has 2 N–H and O–H groups in total. The number of anilines is 1. The van der Waals surface area contributed by atoms with E-state index in [0.29, 0.717) is 19.8 Å². The molecule has 0 aliphatic carbocycles. The van der Waals surface area contributed by atoms with Gasteiger partial charge in [0.2, 0.25) is 0 Å². The van der Waals surface area contributed by atoms with Crippen molar-refractivity contribution < 1.29 is 14.2 Å². The molecule has 22 heavy (non-hydrogen) atoms. The van der Waals surface area contributed by atoms with Crippen molar-refractivity contribution in [1.82, 2.24) is 5.43 Å². The topological polar surface area (TPSA) is 51.8 Å². The maximum Gasteiger partial charge on any atom is 0.164 e. The zero-order valence-electron chi connectivity index (χ0n) is 12.6. The summed E-state index contributed by atoms with van der Waals surface area (Å²) in [5.74, 6) is 2.30. The monoisotopic (exact) mass is 300 g/mol. The predicted molar refractivity (Wildman–Crippen MR) is 85.5 cm³/mol. The highest BCUT2D eigenvalue weighted by Gasteiger charge is 2.15. The zero-order chi connectivity index (χ0) is 15.2. The van der Waals surface area contributed by atoms with Crippen LogP contribution in [0, 0.1) is 0 Å². The Balaban J connectivity index is 1.70. The van der Waals surface area contributed by atoms with Gasteiger partial charge in [0.1, 0.15) is 5.75 Å². The van der Waals surface area contributed by atoms with E-state index in [0.717, 1.165) is 34.9 Å². The van der Waals surface area contributed by atoms with Crippen LogP contribution in [0.1, 0.15) is 12.0 Å². The third-order valence-electron chi connectivity index (χ3n) is 3.44. The molecule has 0 saturated carbocycles. The summed E-state index contributed by atoms with van der Waals surface area (Å²) in [7, 11) is 1.66. The fourth-order valence-electron chi connectivity index (χ4n) is 2.32. The number of fused-ring (bicyclic) bond motifs is 1. The van der Waals surface area contributed by atoms with Crippen LogP contribution in [0.5, 0.6) is 17.2 Å².